The third-order valence-corrected chi connectivity index (χ3v) is 4.30. The Bertz CT molecular complexity index is 347. The normalized spacial score (nSPS) is 25.8. The quantitative estimate of drug-likeness (QED) is 0.737. The van der Waals surface area contributed by atoms with Crippen molar-refractivity contribution in [3.63, 3.8) is 0 Å². The fraction of sp³-hybridized carbons (Fsp3) is 0.889. The van der Waals surface area contributed by atoms with Gasteiger partial charge in [0.1, 0.15) is 0 Å². The highest BCUT2D eigenvalue weighted by Crippen LogP contribution is 2.10. The van der Waals surface area contributed by atoms with Gasteiger partial charge in [-0.1, -0.05) is 0 Å². The van der Waals surface area contributed by atoms with Crippen molar-refractivity contribution in [2.45, 2.75) is 31.1 Å². The highest BCUT2D eigenvalue weighted by Gasteiger charge is 2.26. The Morgan fingerprint density at radius 1 is 1.60 bits per heavy atom. The number of nitrogens with one attached hydrogen (secondary N) is 1. The summed E-state index contributed by atoms with van der Waals surface area (Å²) in [5.41, 5.74) is 0. The summed E-state index contributed by atoms with van der Waals surface area (Å²) in [6.07, 6.45) is 1.84. The van der Waals surface area contributed by atoms with E-state index in [9.17, 15) is 8.42 Å². The van der Waals surface area contributed by atoms with Crippen LogP contribution in [-0.4, -0.2) is 44.7 Å². The first kappa shape index (κ1) is 12.4. The van der Waals surface area contributed by atoms with Gasteiger partial charge in [0.25, 0.3) is 0 Å². The van der Waals surface area contributed by atoms with E-state index in [1.54, 1.807) is 6.07 Å². The number of nitriles is 1. The van der Waals surface area contributed by atoms with Gasteiger partial charge in [-0.2, -0.15) is 5.26 Å². The van der Waals surface area contributed by atoms with Crippen molar-refractivity contribution < 1.29 is 8.42 Å². The van der Waals surface area contributed by atoms with Gasteiger partial charge in [-0.3, -0.25) is 0 Å². The average Bonchev–Trinajstić information content (AvgIpc) is 2.15. The summed E-state index contributed by atoms with van der Waals surface area (Å²) < 4.78 is 25.8. The molecule has 6 heteroatoms. The smallest absolute Gasteiger partial charge is 0.227 e. The molecule has 0 spiro atoms. The Kier molecular flexibility index (Phi) is 4.08. The summed E-state index contributed by atoms with van der Waals surface area (Å²) in [6, 6.07) is 1.69. The highest BCUT2D eigenvalue weighted by atomic mass is 32.2. The molecule has 1 aliphatic heterocycles. The van der Waals surface area contributed by atoms with E-state index >= 15 is 0 Å². The van der Waals surface area contributed by atoms with Crippen molar-refractivity contribution in [1.29, 1.82) is 5.26 Å². The predicted octanol–water partition coefficient (Wildman–Crippen LogP) is -0.0879. The van der Waals surface area contributed by atoms with Crippen LogP contribution in [0.5, 0.6) is 0 Å². The molecule has 1 aliphatic rings. The fourth-order valence-corrected chi connectivity index (χ4v) is 2.67. The highest BCUT2D eigenvalue weighted by molar-refractivity contribution is 7.90. The number of nitrogens with zero attached hydrogens (tertiary/aromatic N) is 2. The van der Waals surface area contributed by atoms with E-state index in [2.05, 4.69) is 9.62 Å². The lowest BCUT2D eigenvalue weighted by Gasteiger charge is -2.30. The second-order valence-corrected chi connectivity index (χ2v) is 6.07. The van der Waals surface area contributed by atoms with Crippen LogP contribution in [0.15, 0.2) is 0 Å². The monoisotopic (exact) mass is 231 g/mol. The lowest BCUT2D eigenvalue weighted by molar-refractivity contribution is 0.242. The Morgan fingerprint density at radius 2 is 2.27 bits per heavy atom. The summed E-state index contributed by atoms with van der Waals surface area (Å²) in [6.45, 7) is 3.12. The molecule has 0 amide bonds. The van der Waals surface area contributed by atoms with Crippen LogP contribution in [0.3, 0.4) is 0 Å². The van der Waals surface area contributed by atoms with Gasteiger partial charge in [0.15, 0.2) is 5.25 Å². The number of likely N-dealkylation sites (tertiary alicyclic amines) is 1. The van der Waals surface area contributed by atoms with Crippen LogP contribution in [0.25, 0.3) is 0 Å². The first-order valence-corrected chi connectivity index (χ1v) is 6.59. The Morgan fingerprint density at radius 3 is 2.80 bits per heavy atom. The molecule has 1 fully saturated rings. The molecule has 1 N–H and O–H groups in total. The topological polar surface area (TPSA) is 73.2 Å². The first-order chi connectivity index (χ1) is 6.95. The van der Waals surface area contributed by atoms with Crippen molar-refractivity contribution in [2.24, 2.45) is 0 Å². The number of hydrogen-bond donors (Lipinski definition) is 1. The molecule has 0 bridgehead atoms. The fourth-order valence-electron chi connectivity index (χ4n) is 1.67. The maximum absolute atomic E-state index is 11.6. The summed E-state index contributed by atoms with van der Waals surface area (Å²) in [5, 5.41) is 7.59. The second kappa shape index (κ2) is 4.92. The molecular formula is C9H17N3O2S. The van der Waals surface area contributed by atoms with Gasteiger partial charge in [-0.05, 0) is 33.4 Å². The average molecular weight is 231 g/mol. The molecule has 0 saturated carbocycles. The van der Waals surface area contributed by atoms with Crippen LogP contribution < -0.4 is 4.72 Å². The third kappa shape index (κ3) is 3.45. The molecule has 2 atom stereocenters. The number of piperidine rings is 1. The van der Waals surface area contributed by atoms with Crippen LogP contribution in [0.1, 0.15) is 19.8 Å². The molecule has 2 unspecified atom stereocenters. The molecule has 0 aromatic heterocycles. The van der Waals surface area contributed by atoms with Crippen LogP contribution in [0, 0.1) is 11.3 Å². The zero-order valence-corrected chi connectivity index (χ0v) is 9.92. The van der Waals surface area contributed by atoms with Gasteiger partial charge in [0, 0.05) is 12.6 Å². The van der Waals surface area contributed by atoms with E-state index in [1.165, 1.54) is 6.92 Å². The van der Waals surface area contributed by atoms with E-state index in [4.69, 9.17) is 5.26 Å². The molecule has 5 nitrogen and oxygen atoms in total. The number of sulfonamides is 1. The molecule has 0 aromatic rings. The first-order valence-electron chi connectivity index (χ1n) is 5.05. The number of hydrogen-bond acceptors (Lipinski definition) is 4. The van der Waals surface area contributed by atoms with Gasteiger partial charge < -0.3 is 4.90 Å². The molecule has 0 aliphatic carbocycles. The van der Waals surface area contributed by atoms with Crippen LogP contribution >= 0.6 is 0 Å². The number of rotatable bonds is 3. The van der Waals surface area contributed by atoms with E-state index in [1.807, 2.05) is 7.05 Å². The molecule has 1 saturated heterocycles. The molecule has 86 valence electrons. The lowest BCUT2D eigenvalue weighted by atomic mass is 10.1. The SMILES string of the molecule is CC(C#N)S(=O)(=O)NC1CCCN(C)C1. The summed E-state index contributed by atoms with van der Waals surface area (Å²) in [5.74, 6) is 0. The Balaban J connectivity index is 2.58. The summed E-state index contributed by atoms with van der Waals surface area (Å²) in [4.78, 5) is 2.09. The third-order valence-electron chi connectivity index (χ3n) is 2.60. The molecule has 15 heavy (non-hydrogen) atoms. The van der Waals surface area contributed by atoms with Crippen molar-refractivity contribution in [3.8, 4) is 6.07 Å². The molecule has 0 aromatic carbocycles. The Labute approximate surface area is 91.1 Å². The predicted molar refractivity (Wildman–Crippen MR) is 57.6 cm³/mol. The van der Waals surface area contributed by atoms with Gasteiger partial charge in [-0.25, -0.2) is 13.1 Å². The van der Waals surface area contributed by atoms with Crippen LogP contribution in [0.2, 0.25) is 0 Å². The van der Waals surface area contributed by atoms with Crippen LogP contribution in [0.4, 0.5) is 0 Å². The van der Waals surface area contributed by atoms with Gasteiger partial charge >= 0.3 is 0 Å². The maximum atomic E-state index is 11.6. The van der Waals surface area contributed by atoms with E-state index in [0.29, 0.717) is 0 Å². The minimum atomic E-state index is -3.47. The van der Waals surface area contributed by atoms with Crippen molar-refractivity contribution in [2.75, 3.05) is 20.1 Å². The number of likely N-dealkylation sites (N-methyl/N-ethyl adjacent to an activating group) is 1. The van der Waals surface area contributed by atoms with Gasteiger partial charge in [0.2, 0.25) is 10.0 Å². The van der Waals surface area contributed by atoms with Crippen LogP contribution in [-0.2, 0) is 10.0 Å². The maximum Gasteiger partial charge on any atom is 0.227 e. The molecule has 1 heterocycles. The van der Waals surface area contributed by atoms with Crippen molar-refractivity contribution >= 4 is 10.0 Å². The van der Waals surface area contributed by atoms with E-state index < -0.39 is 15.3 Å². The zero-order chi connectivity index (χ0) is 11.5. The minimum absolute atomic E-state index is 0.0513. The lowest BCUT2D eigenvalue weighted by Crippen LogP contribution is -2.48. The molecule has 0 radical (unpaired) electrons. The van der Waals surface area contributed by atoms with E-state index in [-0.39, 0.29) is 6.04 Å². The summed E-state index contributed by atoms with van der Waals surface area (Å²) >= 11 is 0. The zero-order valence-electron chi connectivity index (χ0n) is 9.10. The Hall–Kier alpha value is -0.640. The standard InChI is InChI=1S/C9H17N3O2S/c1-8(6-10)15(13,14)11-9-4-3-5-12(2)7-9/h8-9,11H,3-5,7H2,1-2H3. The molecule has 1 rings (SSSR count). The van der Waals surface area contributed by atoms with Gasteiger partial charge in [-0.15, -0.1) is 0 Å². The minimum Gasteiger partial charge on any atom is -0.305 e. The second-order valence-electron chi connectivity index (χ2n) is 4.04. The summed E-state index contributed by atoms with van der Waals surface area (Å²) in [7, 11) is -1.50. The largest absolute Gasteiger partial charge is 0.305 e. The van der Waals surface area contributed by atoms with Gasteiger partial charge in [0.05, 0.1) is 6.07 Å². The molecular weight excluding hydrogens is 214 g/mol. The van der Waals surface area contributed by atoms with E-state index in [0.717, 1.165) is 25.9 Å². The van der Waals surface area contributed by atoms with Crippen molar-refractivity contribution in [1.82, 2.24) is 9.62 Å². The van der Waals surface area contributed by atoms with Crippen molar-refractivity contribution in [3.05, 3.63) is 0 Å².